The van der Waals surface area contributed by atoms with E-state index in [2.05, 4.69) is 20.6 Å². The molecule has 9 nitrogen and oxygen atoms in total. The topological polar surface area (TPSA) is 104 Å². The van der Waals surface area contributed by atoms with E-state index in [4.69, 9.17) is 18.9 Å². The Morgan fingerprint density at radius 3 is 2.44 bits per heavy atom. The van der Waals surface area contributed by atoms with Gasteiger partial charge in [-0.25, -0.2) is 4.79 Å². The van der Waals surface area contributed by atoms with Gasteiger partial charge in [0.2, 0.25) is 0 Å². The number of hydrogen-bond acceptors (Lipinski definition) is 8. The van der Waals surface area contributed by atoms with E-state index in [9.17, 15) is 4.79 Å². The highest BCUT2D eigenvalue weighted by Gasteiger charge is 2.15. The molecule has 0 fully saturated rings. The van der Waals surface area contributed by atoms with Gasteiger partial charge in [0, 0.05) is 34.8 Å². The van der Waals surface area contributed by atoms with E-state index in [1.54, 1.807) is 62.5 Å². The molecule has 0 spiro atoms. The van der Waals surface area contributed by atoms with Crippen LogP contribution in [0.4, 0.5) is 10.5 Å². The molecule has 0 saturated heterocycles. The van der Waals surface area contributed by atoms with E-state index in [1.807, 2.05) is 13.0 Å². The molecule has 2 aromatic carbocycles. The quantitative estimate of drug-likeness (QED) is 0.348. The monoisotopic (exact) mass is 480 g/mol. The standard InChI is InChI=1S/C24H24N4O5S/c1-14(23-12-25-13-34-23)27-24(29)28-17-6-5-15(9-20(17)30-2)33-19-7-8-26-18-11-22(32-4)21(31-3)10-16(18)19/h5-14H,1-4H3,(H2,27,28,29)/t14-/m1/s1. The number of amides is 2. The SMILES string of the molecule is COc1cc(Oc2ccnc3cc(OC)c(OC)cc23)ccc1NC(=O)N[C@H](C)c1cncs1. The molecule has 4 aromatic rings. The van der Waals surface area contributed by atoms with Gasteiger partial charge in [-0.2, -0.15) is 0 Å². The molecule has 4 rings (SSSR count). The molecule has 2 N–H and O–H groups in total. The van der Waals surface area contributed by atoms with Gasteiger partial charge in [0.05, 0.1) is 44.1 Å². The number of benzene rings is 2. The van der Waals surface area contributed by atoms with Crippen LogP contribution < -0.4 is 29.6 Å². The fourth-order valence-corrected chi connectivity index (χ4v) is 4.00. The molecule has 176 valence electrons. The number of fused-ring (bicyclic) bond motifs is 1. The van der Waals surface area contributed by atoms with E-state index in [0.29, 0.717) is 40.0 Å². The molecule has 1 atom stereocenters. The Kier molecular flexibility index (Phi) is 6.98. The summed E-state index contributed by atoms with van der Waals surface area (Å²) < 4.78 is 22.4. The van der Waals surface area contributed by atoms with Crippen molar-refractivity contribution in [1.82, 2.24) is 15.3 Å². The maximum Gasteiger partial charge on any atom is 0.319 e. The molecule has 34 heavy (non-hydrogen) atoms. The Morgan fingerprint density at radius 1 is 0.971 bits per heavy atom. The highest BCUT2D eigenvalue weighted by molar-refractivity contribution is 7.09. The van der Waals surface area contributed by atoms with Crippen molar-refractivity contribution in [2.75, 3.05) is 26.6 Å². The molecule has 0 aliphatic heterocycles. The number of thiazole rings is 1. The first kappa shape index (κ1) is 23.1. The Labute approximate surface area is 200 Å². The van der Waals surface area contributed by atoms with Gasteiger partial charge in [-0.15, -0.1) is 11.3 Å². The number of hydrogen-bond donors (Lipinski definition) is 2. The van der Waals surface area contributed by atoms with Crippen molar-refractivity contribution in [2.45, 2.75) is 13.0 Å². The van der Waals surface area contributed by atoms with Gasteiger partial charge < -0.3 is 29.6 Å². The number of ether oxygens (including phenoxy) is 4. The Balaban J connectivity index is 1.54. The van der Waals surface area contributed by atoms with Gasteiger partial charge in [-0.05, 0) is 31.2 Å². The van der Waals surface area contributed by atoms with Crippen molar-refractivity contribution in [2.24, 2.45) is 0 Å². The van der Waals surface area contributed by atoms with Crippen molar-refractivity contribution < 1.29 is 23.7 Å². The molecule has 10 heteroatoms. The van der Waals surface area contributed by atoms with Crippen LogP contribution in [0.1, 0.15) is 17.8 Å². The van der Waals surface area contributed by atoms with Crippen LogP contribution in [0.2, 0.25) is 0 Å². The highest BCUT2D eigenvalue weighted by atomic mass is 32.1. The molecule has 0 bridgehead atoms. The predicted octanol–water partition coefficient (Wildman–Crippen LogP) is 5.39. The van der Waals surface area contributed by atoms with Crippen LogP contribution in [0, 0.1) is 0 Å². The Bertz CT molecular complexity index is 1300. The van der Waals surface area contributed by atoms with E-state index >= 15 is 0 Å². The fourth-order valence-electron chi connectivity index (χ4n) is 3.37. The van der Waals surface area contributed by atoms with Crippen molar-refractivity contribution >= 4 is 34.0 Å². The third-order valence-electron chi connectivity index (χ3n) is 5.08. The van der Waals surface area contributed by atoms with Gasteiger partial charge in [0.15, 0.2) is 11.5 Å². The highest BCUT2D eigenvalue weighted by Crippen LogP contribution is 2.38. The number of anilines is 1. The van der Waals surface area contributed by atoms with Gasteiger partial charge in [0.1, 0.15) is 17.2 Å². The lowest BCUT2D eigenvalue weighted by Crippen LogP contribution is -2.30. The number of aromatic nitrogens is 2. The molecule has 2 amide bonds. The van der Waals surface area contributed by atoms with Gasteiger partial charge in [0.25, 0.3) is 0 Å². The molecule has 2 heterocycles. The lowest BCUT2D eigenvalue weighted by molar-refractivity contribution is 0.249. The van der Waals surface area contributed by atoms with E-state index in [0.717, 1.165) is 10.3 Å². The largest absolute Gasteiger partial charge is 0.494 e. The summed E-state index contributed by atoms with van der Waals surface area (Å²) in [6, 6.07) is 10.0. The average Bonchev–Trinajstić information content (AvgIpc) is 3.39. The van der Waals surface area contributed by atoms with E-state index in [1.165, 1.54) is 18.4 Å². The third kappa shape index (κ3) is 4.96. The van der Waals surface area contributed by atoms with Crippen molar-refractivity contribution in [3.63, 3.8) is 0 Å². The number of rotatable bonds is 8. The van der Waals surface area contributed by atoms with Crippen molar-refractivity contribution in [3.05, 3.63) is 59.2 Å². The molecular weight excluding hydrogens is 456 g/mol. The first-order chi connectivity index (χ1) is 16.5. The summed E-state index contributed by atoms with van der Waals surface area (Å²) in [6.45, 7) is 1.89. The molecule has 2 aromatic heterocycles. The smallest absolute Gasteiger partial charge is 0.319 e. The molecule has 0 radical (unpaired) electrons. The van der Waals surface area contributed by atoms with Crippen LogP contribution in [-0.2, 0) is 0 Å². The average molecular weight is 481 g/mol. The second-order valence-corrected chi connectivity index (χ2v) is 8.14. The van der Waals surface area contributed by atoms with Crippen molar-refractivity contribution in [1.29, 1.82) is 0 Å². The minimum atomic E-state index is -0.353. The van der Waals surface area contributed by atoms with Crippen LogP contribution in [-0.4, -0.2) is 37.3 Å². The summed E-state index contributed by atoms with van der Waals surface area (Å²) in [5, 5.41) is 6.46. The maximum atomic E-state index is 12.5. The molecular formula is C24H24N4O5S. The second-order valence-electron chi connectivity index (χ2n) is 7.22. The van der Waals surface area contributed by atoms with E-state index in [-0.39, 0.29) is 12.1 Å². The van der Waals surface area contributed by atoms with Gasteiger partial charge in [-0.1, -0.05) is 0 Å². The minimum Gasteiger partial charge on any atom is -0.494 e. The minimum absolute atomic E-state index is 0.170. The fraction of sp³-hybridized carbons (Fsp3) is 0.208. The van der Waals surface area contributed by atoms with Crippen LogP contribution in [0.25, 0.3) is 10.9 Å². The maximum absolute atomic E-state index is 12.5. The third-order valence-corrected chi connectivity index (χ3v) is 6.04. The zero-order chi connectivity index (χ0) is 24.1. The van der Waals surface area contributed by atoms with E-state index < -0.39 is 0 Å². The molecule has 0 aliphatic rings. The lowest BCUT2D eigenvalue weighted by atomic mass is 10.2. The molecule has 0 unspecified atom stereocenters. The number of nitrogens with zero attached hydrogens (tertiary/aromatic N) is 2. The number of urea groups is 1. The summed E-state index contributed by atoms with van der Waals surface area (Å²) in [6.07, 6.45) is 3.39. The predicted molar refractivity (Wildman–Crippen MR) is 131 cm³/mol. The van der Waals surface area contributed by atoms with Gasteiger partial charge >= 0.3 is 6.03 Å². The Hall–Kier alpha value is -4.05. The summed E-state index contributed by atoms with van der Waals surface area (Å²) in [7, 11) is 4.68. The second kappa shape index (κ2) is 10.3. The number of methoxy groups -OCH3 is 3. The van der Waals surface area contributed by atoms with Crippen LogP contribution in [0.3, 0.4) is 0 Å². The summed E-state index contributed by atoms with van der Waals surface area (Å²) in [5.74, 6) is 2.73. The van der Waals surface area contributed by atoms with Crippen LogP contribution in [0.15, 0.2) is 54.3 Å². The normalized spacial score (nSPS) is 11.5. The van der Waals surface area contributed by atoms with Crippen molar-refractivity contribution in [3.8, 4) is 28.7 Å². The molecule has 0 saturated carbocycles. The first-order valence-electron chi connectivity index (χ1n) is 10.3. The van der Waals surface area contributed by atoms with Crippen LogP contribution >= 0.6 is 11.3 Å². The summed E-state index contributed by atoms with van der Waals surface area (Å²) >= 11 is 1.48. The zero-order valence-corrected chi connectivity index (χ0v) is 19.9. The Morgan fingerprint density at radius 2 is 1.74 bits per heavy atom. The number of pyridine rings is 1. The van der Waals surface area contributed by atoms with Crippen LogP contribution in [0.5, 0.6) is 28.7 Å². The number of carbonyl (C=O) groups excluding carboxylic acids is 1. The number of carbonyl (C=O) groups is 1. The molecule has 0 aliphatic carbocycles. The summed E-state index contributed by atoms with van der Waals surface area (Å²) in [4.78, 5) is 21.9. The summed E-state index contributed by atoms with van der Waals surface area (Å²) in [5.41, 5.74) is 2.94. The lowest BCUT2D eigenvalue weighted by Gasteiger charge is -2.16. The van der Waals surface area contributed by atoms with Gasteiger partial charge in [-0.3, -0.25) is 9.97 Å². The zero-order valence-electron chi connectivity index (χ0n) is 19.1. The first-order valence-corrected chi connectivity index (χ1v) is 11.2. The number of nitrogens with one attached hydrogen (secondary N) is 2.